The largest absolute Gasteiger partial charge is 0.573 e. The Bertz CT molecular complexity index is 972. The molecule has 2 aromatic carbocycles. The lowest BCUT2D eigenvalue weighted by molar-refractivity contribution is -0.274. The van der Waals surface area contributed by atoms with Gasteiger partial charge in [0.2, 0.25) is 0 Å². The van der Waals surface area contributed by atoms with Crippen LogP contribution in [-0.4, -0.2) is 6.36 Å². The molecule has 2 aliphatic rings. The lowest BCUT2D eigenvalue weighted by atomic mass is 9.74. The molecule has 0 bridgehead atoms. The van der Waals surface area contributed by atoms with Crippen LogP contribution >= 0.6 is 0 Å². The summed E-state index contributed by atoms with van der Waals surface area (Å²) in [5.74, 6) is 0.443. The summed E-state index contributed by atoms with van der Waals surface area (Å²) >= 11 is 0. The van der Waals surface area contributed by atoms with Gasteiger partial charge in [0, 0.05) is 5.56 Å². The zero-order chi connectivity index (χ0) is 25.7. The van der Waals surface area contributed by atoms with Crippen LogP contribution in [0, 0.1) is 29.4 Å². The molecule has 2 aliphatic carbocycles. The number of alkyl halides is 3. The molecule has 198 valence electrons. The SMILES string of the molecule is CCC1CCC(CCC2CCC(c3c(F)ccc(Oc4ccc(OC(F)(F)F)cc4)c3F)CC2)CC1. The number of ether oxygens (including phenoxy) is 2. The third-order valence-corrected chi connectivity index (χ3v) is 8.16. The molecule has 0 N–H and O–H groups in total. The molecule has 36 heavy (non-hydrogen) atoms. The van der Waals surface area contributed by atoms with Gasteiger partial charge in [-0.15, -0.1) is 13.2 Å². The summed E-state index contributed by atoms with van der Waals surface area (Å²) in [6, 6.07) is 7.09. The minimum absolute atomic E-state index is 0.0564. The predicted molar refractivity (Wildman–Crippen MR) is 129 cm³/mol. The van der Waals surface area contributed by atoms with Gasteiger partial charge in [0.1, 0.15) is 17.3 Å². The Kier molecular flexibility index (Phi) is 8.78. The fourth-order valence-electron chi connectivity index (χ4n) is 5.98. The van der Waals surface area contributed by atoms with Gasteiger partial charge in [-0.3, -0.25) is 0 Å². The fraction of sp³-hybridized carbons (Fsp3) is 0.586. The minimum Gasteiger partial charge on any atom is -0.454 e. The van der Waals surface area contributed by atoms with Crippen molar-refractivity contribution in [1.29, 1.82) is 0 Å². The molecule has 0 spiro atoms. The first-order valence-electron chi connectivity index (χ1n) is 13.2. The summed E-state index contributed by atoms with van der Waals surface area (Å²) in [5.41, 5.74) is 0.0564. The van der Waals surface area contributed by atoms with Crippen LogP contribution in [-0.2, 0) is 0 Å². The average molecular weight is 511 g/mol. The van der Waals surface area contributed by atoms with E-state index in [9.17, 15) is 17.6 Å². The van der Waals surface area contributed by atoms with E-state index in [4.69, 9.17) is 4.74 Å². The van der Waals surface area contributed by atoms with E-state index in [1.165, 1.54) is 69.2 Å². The average Bonchev–Trinajstić information content (AvgIpc) is 2.86. The highest BCUT2D eigenvalue weighted by atomic mass is 19.4. The van der Waals surface area contributed by atoms with Crippen molar-refractivity contribution in [2.75, 3.05) is 0 Å². The minimum atomic E-state index is -4.80. The summed E-state index contributed by atoms with van der Waals surface area (Å²) < 4.78 is 76.4. The highest BCUT2D eigenvalue weighted by Gasteiger charge is 2.31. The fourth-order valence-corrected chi connectivity index (χ4v) is 5.98. The molecule has 2 saturated carbocycles. The van der Waals surface area contributed by atoms with Gasteiger partial charge < -0.3 is 9.47 Å². The van der Waals surface area contributed by atoms with Crippen molar-refractivity contribution < 1.29 is 31.4 Å². The molecule has 0 radical (unpaired) electrons. The highest BCUT2D eigenvalue weighted by Crippen LogP contribution is 2.43. The van der Waals surface area contributed by atoms with E-state index in [1.54, 1.807) is 0 Å². The van der Waals surface area contributed by atoms with Crippen molar-refractivity contribution in [3.8, 4) is 17.2 Å². The van der Waals surface area contributed by atoms with E-state index < -0.39 is 23.7 Å². The first-order valence-corrected chi connectivity index (χ1v) is 13.2. The number of benzene rings is 2. The maximum atomic E-state index is 15.3. The number of hydrogen-bond donors (Lipinski definition) is 0. The molecule has 2 fully saturated rings. The van der Waals surface area contributed by atoms with Crippen LogP contribution in [0.2, 0.25) is 0 Å². The molecule has 7 heteroatoms. The van der Waals surface area contributed by atoms with Gasteiger partial charge in [-0.1, -0.05) is 51.9 Å². The second-order valence-corrected chi connectivity index (χ2v) is 10.5. The van der Waals surface area contributed by atoms with Crippen molar-refractivity contribution >= 4 is 0 Å². The van der Waals surface area contributed by atoms with Gasteiger partial charge in [0.15, 0.2) is 11.6 Å². The lowest BCUT2D eigenvalue weighted by Crippen LogP contribution is -2.18. The first kappa shape index (κ1) is 26.7. The standard InChI is InChI=1S/C29H35F5O2/c1-2-19-3-5-20(6-4-19)7-8-21-9-11-22(12-10-21)27-25(30)17-18-26(28(27)31)35-23-13-15-24(16-14-23)36-29(32,33)34/h13-22H,2-12H2,1H3. The summed E-state index contributed by atoms with van der Waals surface area (Å²) in [4.78, 5) is 0. The van der Waals surface area contributed by atoms with E-state index in [0.29, 0.717) is 5.92 Å². The van der Waals surface area contributed by atoms with Gasteiger partial charge in [-0.2, -0.15) is 0 Å². The first-order chi connectivity index (χ1) is 17.2. The van der Waals surface area contributed by atoms with Crippen LogP contribution in [0.15, 0.2) is 36.4 Å². The summed E-state index contributed by atoms with van der Waals surface area (Å²) in [6.45, 7) is 2.28. The Balaban J connectivity index is 1.32. The van der Waals surface area contributed by atoms with Crippen LogP contribution < -0.4 is 9.47 Å². The van der Waals surface area contributed by atoms with Crippen LogP contribution in [0.5, 0.6) is 17.2 Å². The summed E-state index contributed by atoms with van der Waals surface area (Å²) in [5, 5.41) is 0. The molecule has 0 aromatic heterocycles. The molecule has 0 unspecified atom stereocenters. The van der Waals surface area contributed by atoms with E-state index in [-0.39, 0.29) is 23.0 Å². The molecule has 2 nitrogen and oxygen atoms in total. The molecule has 0 saturated heterocycles. The molecule has 4 rings (SSSR count). The maximum absolute atomic E-state index is 15.3. The Hall–Kier alpha value is -2.31. The number of halogens is 5. The van der Waals surface area contributed by atoms with Gasteiger partial charge in [0.25, 0.3) is 0 Å². The zero-order valence-electron chi connectivity index (χ0n) is 20.8. The van der Waals surface area contributed by atoms with Crippen LogP contribution in [0.4, 0.5) is 22.0 Å². The maximum Gasteiger partial charge on any atom is 0.573 e. The van der Waals surface area contributed by atoms with Crippen LogP contribution in [0.1, 0.15) is 89.0 Å². The Morgan fingerprint density at radius 1 is 0.722 bits per heavy atom. The second-order valence-electron chi connectivity index (χ2n) is 10.5. The Labute approximate surface area is 210 Å². The van der Waals surface area contributed by atoms with Crippen molar-refractivity contribution in [2.45, 2.75) is 89.8 Å². The Morgan fingerprint density at radius 3 is 1.81 bits per heavy atom. The zero-order valence-corrected chi connectivity index (χ0v) is 20.8. The van der Waals surface area contributed by atoms with Gasteiger partial charge in [0.05, 0.1) is 0 Å². The van der Waals surface area contributed by atoms with Gasteiger partial charge in [-0.05, 0) is 85.8 Å². The molecule has 2 aromatic rings. The van der Waals surface area contributed by atoms with E-state index in [1.807, 2.05) is 0 Å². The van der Waals surface area contributed by atoms with Crippen LogP contribution in [0.25, 0.3) is 0 Å². The molecule has 0 heterocycles. The predicted octanol–water partition coefficient (Wildman–Crippen LogP) is 9.93. The summed E-state index contributed by atoms with van der Waals surface area (Å²) in [7, 11) is 0. The number of rotatable bonds is 8. The van der Waals surface area contributed by atoms with Crippen LogP contribution in [0.3, 0.4) is 0 Å². The molecule has 0 amide bonds. The molecule has 0 atom stereocenters. The quantitative estimate of drug-likeness (QED) is 0.329. The number of hydrogen-bond acceptors (Lipinski definition) is 2. The van der Waals surface area contributed by atoms with Crippen molar-refractivity contribution in [3.05, 3.63) is 53.6 Å². The highest BCUT2D eigenvalue weighted by molar-refractivity contribution is 5.39. The van der Waals surface area contributed by atoms with E-state index in [2.05, 4.69) is 11.7 Å². The third kappa shape index (κ3) is 7.13. The molecular formula is C29H35F5O2. The smallest absolute Gasteiger partial charge is 0.454 e. The monoisotopic (exact) mass is 510 g/mol. The Morgan fingerprint density at radius 2 is 1.25 bits per heavy atom. The van der Waals surface area contributed by atoms with E-state index in [0.717, 1.165) is 49.7 Å². The summed E-state index contributed by atoms with van der Waals surface area (Å²) in [6.07, 6.45) is 7.80. The molecule has 0 aliphatic heterocycles. The van der Waals surface area contributed by atoms with Crippen molar-refractivity contribution in [2.24, 2.45) is 17.8 Å². The van der Waals surface area contributed by atoms with Gasteiger partial charge in [-0.25, -0.2) is 8.78 Å². The normalized spacial score (nSPS) is 24.9. The lowest BCUT2D eigenvalue weighted by Gasteiger charge is -2.32. The van der Waals surface area contributed by atoms with Gasteiger partial charge >= 0.3 is 6.36 Å². The second kappa shape index (κ2) is 11.8. The topological polar surface area (TPSA) is 18.5 Å². The van der Waals surface area contributed by atoms with Crippen molar-refractivity contribution in [1.82, 2.24) is 0 Å². The van der Waals surface area contributed by atoms with E-state index >= 15 is 4.39 Å². The molecular weight excluding hydrogens is 475 g/mol. The third-order valence-electron chi connectivity index (χ3n) is 8.16. The van der Waals surface area contributed by atoms with Crippen molar-refractivity contribution in [3.63, 3.8) is 0 Å².